The highest BCUT2D eigenvalue weighted by atomic mass is 79.9. The van der Waals surface area contributed by atoms with Gasteiger partial charge in [-0.3, -0.25) is 9.79 Å². The Morgan fingerprint density at radius 1 is 1.24 bits per heavy atom. The summed E-state index contributed by atoms with van der Waals surface area (Å²) in [7, 11) is 3.32. The van der Waals surface area contributed by atoms with Crippen LogP contribution < -0.4 is 14.3 Å². The summed E-state index contributed by atoms with van der Waals surface area (Å²) in [6.45, 7) is 2.25. The summed E-state index contributed by atoms with van der Waals surface area (Å²) in [5, 5.41) is 6.71. The Balaban J connectivity index is 1.50. The highest BCUT2D eigenvalue weighted by Crippen LogP contribution is 2.32. The third kappa shape index (κ3) is 5.72. The van der Waals surface area contributed by atoms with Gasteiger partial charge in [-0.05, 0) is 51.8 Å². The first-order chi connectivity index (χ1) is 16.1. The molecule has 8 nitrogen and oxygen atoms in total. The lowest BCUT2D eigenvalue weighted by Gasteiger charge is -2.26. The maximum Gasteiger partial charge on any atom is 0.260 e. The van der Waals surface area contributed by atoms with E-state index in [1.54, 1.807) is 42.7 Å². The third-order valence-corrected chi connectivity index (χ3v) is 7.48. The minimum atomic E-state index is -0.0663. The number of hydrogen-bond donors (Lipinski definition) is 0. The van der Waals surface area contributed by atoms with E-state index in [4.69, 9.17) is 14.2 Å². The average Bonchev–Trinajstić information content (AvgIpc) is 3.47. The first-order valence-electron chi connectivity index (χ1n) is 10.2. The van der Waals surface area contributed by atoms with Crippen LogP contribution in [0, 0.1) is 0 Å². The van der Waals surface area contributed by atoms with E-state index in [2.05, 4.69) is 32.1 Å². The summed E-state index contributed by atoms with van der Waals surface area (Å²) < 4.78 is 19.4. The van der Waals surface area contributed by atoms with Gasteiger partial charge in [0.05, 0.1) is 40.9 Å². The monoisotopic (exact) mass is 550 g/mol. The van der Waals surface area contributed by atoms with Gasteiger partial charge in [0.1, 0.15) is 0 Å². The lowest BCUT2D eigenvalue weighted by Crippen LogP contribution is -2.43. The number of amides is 1. The summed E-state index contributed by atoms with van der Waals surface area (Å²) in [6, 6.07) is 9.55. The van der Waals surface area contributed by atoms with Crippen LogP contribution in [-0.2, 0) is 9.53 Å². The molecule has 174 valence electrons. The lowest BCUT2D eigenvalue weighted by atomic mass is 10.2. The van der Waals surface area contributed by atoms with Crippen LogP contribution in [0.25, 0.3) is 10.6 Å². The zero-order chi connectivity index (χ0) is 23.2. The molecule has 0 saturated carbocycles. The van der Waals surface area contributed by atoms with E-state index in [-0.39, 0.29) is 12.5 Å². The highest BCUT2D eigenvalue weighted by molar-refractivity contribution is 9.11. The van der Waals surface area contributed by atoms with E-state index in [9.17, 15) is 4.79 Å². The number of methoxy groups -OCH3 is 1. The highest BCUT2D eigenvalue weighted by Gasteiger charge is 2.18. The Bertz CT molecular complexity index is 1210. The molecule has 33 heavy (non-hydrogen) atoms. The Morgan fingerprint density at radius 3 is 2.76 bits per heavy atom. The molecule has 0 aliphatic carbocycles. The van der Waals surface area contributed by atoms with Crippen molar-refractivity contribution in [1.29, 1.82) is 0 Å². The number of aromatic nitrogens is 1. The molecule has 0 radical (unpaired) electrons. The molecule has 1 amide bonds. The van der Waals surface area contributed by atoms with E-state index in [1.807, 2.05) is 28.3 Å². The molecule has 1 aromatic carbocycles. The Kier molecular flexibility index (Phi) is 7.97. The largest absolute Gasteiger partial charge is 0.493 e. The van der Waals surface area contributed by atoms with Crippen molar-refractivity contribution in [1.82, 2.24) is 9.58 Å². The summed E-state index contributed by atoms with van der Waals surface area (Å²) in [5.41, 5.74) is 1.80. The van der Waals surface area contributed by atoms with E-state index < -0.39 is 0 Å². The standard InChI is InChI=1S/C22H23BrN4O4S2/c1-24-22-27(16(14-32-22)19-5-6-20(23)33-19)25-12-15-3-4-17(18(11-15)29-2)31-13-21(28)26-7-9-30-10-8-26/h3-6,11-12,14H,7-10,13H2,1-2H3/b24-22?,25-12+. The number of thiophene rings is 1. The number of carbonyl (C=O) groups excluding carboxylic acids is 1. The Morgan fingerprint density at radius 2 is 2.06 bits per heavy atom. The molecule has 0 N–H and O–H groups in total. The zero-order valence-corrected chi connectivity index (χ0v) is 21.4. The molecule has 3 heterocycles. The summed E-state index contributed by atoms with van der Waals surface area (Å²) in [5.74, 6) is 0.975. The van der Waals surface area contributed by atoms with Crippen LogP contribution in [0.3, 0.4) is 0 Å². The minimum Gasteiger partial charge on any atom is -0.493 e. The number of halogens is 1. The van der Waals surface area contributed by atoms with Gasteiger partial charge in [-0.15, -0.1) is 22.7 Å². The molecular weight excluding hydrogens is 528 g/mol. The number of ether oxygens (including phenoxy) is 3. The predicted octanol–water partition coefficient (Wildman–Crippen LogP) is 3.70. The fourth-order valence-corrected chi connectivity index (χ4v) is 5.49. The van der Waals surface area contributed by atoms with Gasteiger partial charge in [-0.25, -0.2) is 4.68 Å². The second kappa shape index (κ2) is 11.1. The van der Waals surface area contributed by atoms with Crippen LogP contribution in [-0.4, -0.2) is 68.8 Å². The number of hydrogen-bond acceptors (Lipinski definition) is 8. The molecule has 1 saturated heterocycles. The molecule has 0 spiro atoms. The molecule has 4 rings (SSSR count). The van der Waals surface area contributed by atoms with Crippen molar-refractivity contribution < 1.29 is 19.0 Å². The van der Waals surface area contributed by atoms with Crippen molar-refractivity contribution in [2.24, 2.45) is 10.1 Å². The van der Waals surface area contributed by atoms with Crippen LogP contribution >= 0.6 is 38.6 Å². The van der Waals surface area contributed by atoms with Crippen LogP contribution in [0.4, 0.5) is 0 Å². The number of nitrogens with zero attached hydrogens (tertiary/aromatic N) is 4. The summed E-state index contributed by atoms with van der Waals surface area (Å²) >= 11 is 6.69. The SMILES string of the molecule is CN=c1scc(-c2ccc(Br)s2)n1/N=C/c1ccc(OCC(=O)N2CCOCC2)c(OC)c1. The van der Waals surface area contributed by atoms with Crippen molar-refractivity contribution in [2.45, 2.75) is 0 Å². The van der Waals surface area contributed by atoms with Crippen LogP contribution in [0.5, 0.6) is 11.5 Å². The molecule has 0 atom stereocenters. The van der Waals surface area contributed by atoms with Crippen molar-refractivity contribution >= 4 is 50.7 Å². The number of benzene rings is 1. The molecule has 11 heteroatoms. The predicted molar refractivity (Wildman–Crippen MR) is 134 cm³/mol. The first kappa shape index (κ1) is 23.7. The maximum atomic E-state index is 12.4. The van der Waals surface area contributed by atoms with Crippen LogP contribution in [0.1, 0.15) is 5.56 Å². The van der Waals surface area contributed by atoms with Gasteiger partial charge < -0.3 is 19.1 Å². The zero-order valence-electron chi connectivity index (χ0n) is 18.2. The number of rotatable bonds is 7. The van der Waals surface area contributed by atoms with Gasteiger partial charge in [0.15, 0.2) is 18.1 Å². The number of thiazole rings is 1. The van der Waals surface area contributed by atoms with Gasteiger partial charge in [-0.2, -0.15) is 5.10 Å². The Hall–Kier alpha value is -2.47. The van der Waals surface area contributed by atoms with Crippen molar-refractivity contribution in [3.05, 3.63) is 49.9 Å². The third-order valence-electron chi connectivity index (χ3n) is 4.93. The van der Waals surface area contributed by atoms with Crippen LogP contribution in [0.15, 0.2) is 49.6 Å². The molecule has 1 fully saturated rings. The van der Waals surface area contributed by atoms with E-state index >= 15 is 0 Å². The fourth-order valence-electron chi connectivity index (χ4n) is 3.24. The lowest BCUT2D eigenvalue weighted by molar-refractivity contribution is -0.137. The van der Waals surface area contributed by atoms with E-state index in [1.165, 1.54) is 11.3 Å². The maximum absolute atomic E-state index is 12.4. The topological polar surface area (TPSA) is 77.7 Å². The van der Waals surface area contributed by atoms with E-state index in [0.717, 1.165) is 24.7 Å². The molecular formula is C22H23BrN4O4S2. The summed E-state index contributed by atoms with van der Waals surface area (Å²) in [4.78, 5) is 20.3. The van der Waals surface area contributed by atoms with Crippen molar-refractivity contribution in [3.8, 4) is 22.1 Å². The number of carbonyl (C=O) groups is 1. The summed E-state index contributed by atoms with van der Waals surface area (Å²) in [6.07, 6.45) is 1.75. The van der Waals surface area contributed by atoms with Gasteiger partial charge in [-0.1, -0.05) is 0 Å². The van der Waals surface area contributed by atoms with Crippen molar-refractivity contribution in [2.75, 3.05) is 47.1 Å². The van der Waals surface area contributed by atoms with Gasteiger partial charge in [0.25, 0.3) is 5.91 Å². The first-order valence-corrected chi connectivity index (χ1v) is 12.7. The normalized spacial score (nSPS) is 14.8. The second-order valence-corrected chi connectivity index (χ2v) is 10.3. The Labute approximate surface area is 207 Å². The van der Waals surface area contributed by atoms with Crippen LogP contribution in [0.2, 0.25) is 0 Å². The molecule has 1 aliphatic heterocycles. The van der Waals surface area contributed by atoms with Gasteiger partial charge in [0.2, 0.25) is 4.80 Å². The van der Waals surface area contributed by atoms with Gasteiger partial charge >= 0.3 is 0 Å². The quantitative estimate of drug-likeness (QED) is 0.420. The smallest absolute Gasteiger partial charge is 0.260 e. The minimum absolute atomic E-state index is 0.0460. The molecule has 1 aliphatic rings. The molecule has 0 bridgehead atoms. The number of morpholine rings is 1. The second-order valence-electron chi connectivity index (χ2n) is 6.98. The molecule has 0 unspecified atom stereocenters. The molecule has 2 aromatic heterocycles. The van der Waals surface area contributed by atoms with Gasteiger partial charge in [0, 0.05) is 25.5 Å². The van der Waals surface area contributed by atoms with Crippen molar-refractivity contribution in [3.63, 3.8) is 0 Å². The molecule has 3 aromatic rings. The average molecular weight is 551 g/mol. The van der Waals surface area contributed by atoms with E-state index in [0.29, 0.717) is 37.8 Å². The fraction of sp³-hybridized carbons (Fsp3) is 0.318.